The number of hydrogen-bond donors (Lipinski definition) is 0. The minimum Gasteiger partial charge on any atom is -0.462 e. The Morgan fingerprint density at radius 3 is 2.54 bits per heavy atom. The van der Waals surface area contributed by atoms with Gasteiger partial charge in [0, 0.05) is 12.3 Å². The summed E-state index contributed by atoms with van der Waals surface area (Å²) in [4.78, 5) is 11.6. The standard InChI is InChI=1S/C22H34O2/c1-14-12-22-11-8-17-20(3,4)19(24-15(2)23)9-10-21(17,5)18(22)7-6-16(14)13-22/h16-19H,1,6-13H2,2-5H3/t16-,17+,18-,19+,21+,22+/m0/s1. The van der Waals surface area contributed by atoms with Crippen LogP contribution in [0.1, 0.15) is 79.1 Å². The van der Waals surface area contributed by atoms with Gasteiger partial charge in [-0.2, -0.15) is 0 Å². The van der Waals surface area contributed by atoms with Crippen LogP contribution >= 0.6 is 0 Å². The quantitative estimate of drug-likeness (QED) is 0.467. The van der Waals surface area contributed by atoms with Gasteiger partial charge in [-0.25, -0.2) is 0 Å². The highest BCUT2D eigenvalue weighted by Crippen LogP contribution is 2.72. The summed E-state index contributed by atoms with van der Waals surface area (Å²) in [6.45, 7) is 13.3. The molecule has 0 aromatic carbocycles. The molecule has 0 aliphatic heterocycles. The molecule has 0 radical (unpaired) electrons. The highest BCUT2D eigenvalue weighted by Gasteiger charge is 2.64. The predicted molar refractivity (Wildman–Crippen MR) is 96.4 cm³/mol. The van der Waals surface area contributed by atoms with E-state index < -0.39 is 0 Å². The summed E-state index contributed by atoms with van der Waals surface area (Å²) in [6, 6.07) is 0. The second-order valence-corrected chi connectivity index (χ2v) is 10.3. The Balaban J connectivity index is 1.67. The lowest BCUT2D eigenvalue weighted by Crippen LogP contribution is -2.59. The summed E-state index contributed by atoms with van der Waals surface area (Å²) in [5.74, 6) is 2.21. The SMILES string of the molecule is C=C1C[C@@]23CC[C@@H]4C(C)(C)[C@H](OC(C)=O)CC[C@@]4(C)[C@@H]2CC[C@H]1C3. The van der Waals surface area contributed by atoms with Crippen LogP contribution in [0.2, 0.25) is 0 Å². The van der Waals surface area contributed by atoms with Crippen molar-refractivity contribution in [1.29, 1.82) is 0 Å². The summed E-state index contributed by atoms with van der Waals surface area (Å²) >= 11 is 0. The van der Waals surface area contributed by atoms with Crippen molar-refractivity contribution < 1.29 is 9.53 Å². The lowest BCUT2D eigenvalue weighted by Gasteiger charge is -2.65. The molecule has 6 atom stereocenters. The molecule has 4 fully saturated rings. The van der Waals surface area contributed by atoms with Gasteiger partial charge in [0.25, 0.3) is 0 Å². The molecule has 134 valence electrons. The van der Waals surface area contributed by atoms with E-state index in [9.17, 15) is 4.79 Å². The molecule has 4 aliphatic carbocycles. The van der Waals surface area contributed by atoms with Crippen molar-refractivity contribution in [2.75, 3.05) is 0 Å². The molecule has 0 N–H and O–H groups in total. The number of fused-ring (bicyclic) bond motifs is 3. The maximum absolute atomic E-state index is 11.6. The molecule has 4 saturated carbocycles. The van der Waals surface area contributed by atoms with Crippen molar-refractivity contribution >= 4 is 5.97 Å². The van der Waals surface area contributed by atoms with Crippen molar-refractivity contribution in [3.05, 3.63) is 12.2 Å². The van der Waals surface area contributed by atoms with E-state index in [1.165, 1.54) is 44.9 Å². The Morgan fingerprint density at radius 2 is 1.83 bits per heavy atom. The van der Waals surface area contributed by atoms with Crippen LogP contribution in [-0.2, 0) is 9.53 Å². The van der Waals surface area contributed by atoms with E-state index in [1.807, 2.05) is 0 Å². The molecular weight excluding hydrogens is 296 g/mol. The number of esters is 1. The summed E-state index contributed by atoms with van der Waals surface area (Å²) in [5, 5.41) is 0. The average molecular weight is 331 g/mol. The number of ether oxygens (including phenoxy) is 1. The van der Waals surface area contributed by atoms with Crippen LogP contribution in [-0.4, -0.2) is 12.1 Å². The minimum atomic E-state index is -0.114. The predicted octanol–water partition coefficient (Wildman–Crippen LogP) is 5.52. The molecule has 0 saturated heterocycles. The van der Waals surface area contributed by atoms with Crippen LogP contribution in [0.25, 0.3) is 0 Å². The van der Waals surface area contributed by atoms with Crippen LogP contribution < -0.4 is 0 Å². The van der Waals surface area contributed by atoms with Gasteiger partial charge >= 0.3 is 5.97 Å². The fourth-order valence-electron chi connectivity index (χ4n) is 7.97. The normalized spacial score (nSPS) is 49.2. The smallest absolute Gasteiger partial charge is 0.302 e. The first-order valence-electron chi connectivity index (χ1n) is 10.0. The Hall–Kier alpha value is -0.790. The van der Waals surface area contributed by atoms with Gasteiger partial charge in [-0.3, -0.25) is 4.79 Å². The van der Waals surface area contributed by atoms with Gasteiger partial charge in [-0.1, -0.05) is 32.9 Å². The third-order valence-corrected chi connectivity index (χ3v) is 8.86. The first-order chi connectivity index (χ1) is 11.2. The molecule has 0 amide bonds. The summed E-state index contributed by atoms with van der Waals surface area (Å²) < 4.78 is 5.76. The molecule has 0 unspecified atom stereocenters. The molecule has 2 bridgehead atoms. The number of carbonyl (C=O) groups is 1. The number of carbonyl (C=O) groups excluding carboxylic acids is 1. The molecular formula is C22H34O2. The van der Waals surface area contributed by atoms with Gasteiger partial charge in [0.1, 0.15) is 6.10 Å². The summed E-state index contributed by atoms with van der Waals surface area (Å²) in [6.07, 6.45) is 10.5. The zero-order valence-electron chi connectivity index (χ0n) is 16.0. The molecule has 24 heavy (non-hydrogen) atoms. The highest BCUT2D eigenvalue weighted by molar-refractivity contribution is 5.66. The first kappa shape index (κ1) is 16.7. The fourth-order valence-corrected chi connectivity index (χ4v) is 7.97. The van der Waals surface area contributed by atoms with Crippen molar-refractivity contribution in [1.82, 2.24) is 0 Å². The van der Waals surface area contributed by atoms with Gasteiger partial charge in [0.15, 0.2) is 0 Å². The van der Waals surface area contributed by atoms with Gasteiger partial charge < -0.3 is 4.74 Å². The highest BCUT2D eigenvalue weighted by atomic mass is 16.5. The molecule has 0 aromatic rings. The van der Waals surface area contributed by atoms with Crippen molar-refractivity contribution in [3.8, 4) is 0 Å². The van der Waals surface area contributed by atoms with Crippen LogP contribution in [0.5, 0.6) is 0 Å². The zero-order valence-corrected chi connectivity index (χ0v) is 16.0. The van der Waals surface area contributed by atoms with Crippen molar-refractivity contribution in [3.63, 3.8) is 0 Å². The molecule has 2 heteroatoms. The van der Waals surface area contributed by atoms with E-state index in [-0.39, 0.29) is 17.5 Å². The van der Waals surface area contributed by atoms with Crippen LogP contribution in [0, 0.1) is 34.0 Å². The Kier molecular flexibility index (Phi) is 3.55. The average Bonchev–Trinajstić information content (AvgIpc) is 2.71. The molecule has 4 rings (SSSR count). The Bertz CT molecular complexity index is 577. The number of hydrogen-bond acceptors (Lipinski definition) is 2. The number of allylic oxidation sites excluding steroid dienone is 1. The van der Waals surface area contributed by atoms with E-state index in [2.05, 4.69) is 27.4 Å². The fraction of sp³-hybridized carbons (Fsp3) is 0.864. The third-order valence-electron chi connectivity index (χ3n) is 8.86. The third kappa shape index (κ3) is 2.10. The largest absolute Gasteiger partial charge is 0.462 e. The van der Waals surface area contributed by atoms with Crippen LogP contribution in [0.4, 0.5) is 0 Å². The van der Waals surface area contributed by atoms with Crippen LogP contribution in [0.3, 0.4) is 0 Å². The summed E-state index contributed by atoms with van der Waals surface area (Å²) in [5.41, 5.74) is 2.60. The van der Waals surface area contributed by atoms with E-state index in [0.717, 1.165) is 18.3 Å². The molecule has 0 aromatic heterocycles. The molecule has 2 nitrogen and oxygen atoms in total. The van der Waals surface area contributed by atoms with Crippen molar-refractivity contribution in [2.24, 2.45) is 34.0 Å². The monoisotopic (exact) mass is 330 g/mol. The molecule has 1 spiro atoms. The molecule has 0 heterocycles. The van der Waals surface area contributed by atoms with E-state index in [1.54, 1.807) is 12.5 Å². The van der Waals surface area contributed by atoms with Gasteiger partial charge in [0.05, 0.1) is 0 Å². The second kappa shape index (κ2) is 5.11. The second-order valence-electron chi connectivity index (χ2n) is 10.3. The lowest BCUT2D eigenvalue weighted by molar-refractivity contribution is -0.197. The van der Waals surface area contributed by atoms with Gasteiger partial charge in [0.2, 0.25) is 0 Å². The van der Waals surface area contributed by atoms with E-state index in [0.29, 0.717) is 16.7 Å². The van der Waals surface area contributed by atoms with E-state index in [4.69, 9.17) is 4.74 Å². The lowest BCUT2D eigenvalue weighted by atomic mass is 9.41. The Morgan fingerprint density at radius 1 is 1.08 bits per heavy atom. The maximum atomic E-state index is 11.6. The topological polar surface area (TPSA) is 26.3 Å². The minimum absolute atomic E-state index is 0.0900. The number of rotatable bonds is 1. The Labute approximate surface area is 147 Å². The van der Waals surface area contributed by atoms with Gasteiger partial charge in [-0.15, -0.1) is 0 Å². The van der Waals surface area contributed by atoms with E-state index >= 15 is 0 Å². The summed E-state index contributed by atoms with van der Waals surface area (Å²) in [7, 11) is 0. The first-order valence-corrected chi connectivity index (χ1v) is 10.0. The van der Waals surface area contributed by atoms with Crippen LogP contribution in [0.15, 0.2) is 12.2 Å². The molecule has 4 aliphatic rings. The van der Waals surface area contributed by atoms with Crippen molar-refractivity contribution in [2.45, 2.75) is 85.2 Å². The van der Waals surface area contributed by atoms with Gasteiger partial charge in [-0.05, 0) is 80.0 Å². The maximum Gasteiger partial charge on any atom is 0.302 e. The zero-order chi connectivity index (χ0) is 17.3.